The second-order valence-corrected chi connectivity index (χ2v) is 17.1. The molecule has 0 amide bonds. The number of hydrogen-bond acceptors (Lipinski definition) is 2. The van der Waals surface area contributed by atoms with Crippen LogP contribution in [0.5, 0.6) is 0 Å². The molecule has 0 radical (unpaired) electrons. The summed E-state index contributed by atoms with van der Waals surface area (Å²) in [7, 11) is -0.852. The van der Waals surface area contributed by atoms with Gasteiger partial charge in [-0.2, -0.15) is 26.3 Å². The lowest BCUT2D eigenvalue weighted by Crippen LogP contribution is -2.43. The first-order chi connectivity index (χ1) is 19.9. The maximum atomic E-state index is 13.3. The van der Waals surface area contributed by atoms with Gasteiger partial charge >= 0.3 is 18.3 Å². The minimum atomic E-state index is -4.52. The molecule has 0 aromatic heterocycles. The molecule has 0 saturated heterocycles. The van der Waals surface area contributed by atoms with E-state index >= 15 is 0 Å². The fourth-order valence-electron chi connectivity index (χ4n) is 5.51. The highest BCUT2D eigenvalue weighted by molar-refractivity contribution is 6.90. The number of carbonyl (C=O) groups is 1. The van der Waals surface area contributed by atoms with E-state index in [-0.39, 0.29) is 12.4 Å². The first-order valence-corrected chi connectivity index (χ1v) is 16.5. The van der Waals surface area contributed by atoms with Gasteiger partial charge in [0, 0.05) is 12.0 Å². The number of esters is 1. The van der Waals surface area contributed by atoms with Gasteiger partial charge in [0.2, 0.25) is 0 Å². The van der Waals surface area contributed by atoms with Gasteiger partial charge < -0.3 is 4.74 Å². The Morgan fingerprint density at radius 3 is 1.67 bits per heavy atom. The van der Waals surface area contributed by atoms with Crippen LogP contribution in [0.1, 0.15) is 83.1 Å². The Kier molecular flexibility index (Phi) is 12.5. The smallest absolute Gasteiger partial charge is 0.416 e. The zero-order valence-corrected chi connectivity index (χ0v) is 26.7. The number of alkyl halides is 6. The summed E-state index contributed by atoms with van der Waals surface area (Å²) in [6.45, 7) is 13.1. The zero-order valence-electron chi connectivity index (χ0n) is 25.7. The van der Waals surface area contributed by atoms with E-state index < -0.39 is 31.6 Å². The molecule has 234 valence electrons. The third kappa shape index (κ3) is 9.89. The van der Waals surface area contributed by atoms with Crippen molar-refractivity contribution in [3.63, 3.8) is 0 Å². The van der Waals surface area contributed by atoms with Gasteiger partial charge in [0.1, 0.15) is 8.07 Å². The summed E-state index contributed by atoms with van der Waals surface area (Å²) in [6.07, 6.45) is -4.61. The van der Waals surface area contributed by atoms with Crippen molar-refractivity contribution in [3.8, 4) is 11.5 Å². The van der Waals surface area contributed by atoms with Crippen LogP contribution in [0.4, 0.5) is 26.3 Å². The van der Waals surface area contributed by atoms with E-state index in [2.05, 4.69) is 53.0 Å². The van der Waals surface area contributed by atoms with Crippen LogP contribution in [0, 0.1) is 11.5 Å². The number of allylic oxidation sites excluding steroid dienone is 3. The first kappa shape index (κ1) is 35.9. The quantitative estimate of drug-likeness (QED) is 0.0658. The molecule has 0 fully saturated rings. The van der Waals surface area contributed by atoms with Crippen molar-refractivity contribution in [1.82, 2.24) is 0 Å². The molecular weight excluding hydrogens is 582 g/mol. The Morgan fingerprint density at radius 2 is 1.26 bits per heavy atom. The average molecular weight is 623 g/mol. The Labute approximate surface area is 252 Å². The molecule has 2 aromatic carbocycles. The van der Waals surface area contributed by atoms with Gasteiger partial charge in [0.25, 0.3) is 0 Å². The summed E-state index contributed by atoms with van der Waals surface area (Å²) >= 11 is 0. The highest BCUT2D eigenvalue weighted by Crippen LogP contribution is 2.41. The monoisotopic (exact) mass is 622 g/mol. The van der Waals surface area contributed by atoms with Crippen molar-refractivity contribution in [2.75, 3.05) is 7.11 Å². The van der Waals surface area contributed by atoms with Crippen molar-refractivity contribution in [3.05, 3.63) is 82.4 Å². The van der Waals surface area contributed by atoms with Crippen LogP contribution in [-0.4, -0.2) is 21.2 Å². The summed E-state index contributed by atoms with van der Waals surface area (Å²) in [6, 6.07) is 9.18. The highest BCUT2D eigenvalue weighted by atomic mass is 28.3. The molecule has 0 saturated carbocycles. The number of ether oxygens (including phenoxy) is 1. The number of rotatable bonds is 10. The molecule has 2 rings (SSSR count). The molecule has 0 aliphatic heterocycles. The van der Waals surface area contributed by atoms with Crippen LogP contribution in [-0.2, 0) is 21.9 Å². The zero-order chi connectivity index (χ0) is 32.6. The highest BCUT2D eigenvalue weighted by Gasteiger charge is 2.41. The van der Waals surface area contributed by atoms with E-state index in [1.165, 1.54) is 31.4 Å². The molecule has 0 aliphatic carbocycles. The molecule has 0 unspecified atom stereocenters. The van der Waals surface area contributed by atoms with E-state index in [0.29, 0.717) is 51.7 Å². The van der Waals surface area contributed by atoms with E-state index in [9.17, 15) is 31.1 Å². The molecule has 0 aliphatic rings. The van der Waals surface area contributed by atoms with Gasteiger partial charge in [-0.3, -0.25) is 4.79 Å². The van der Waals surface area contributed by atoms with Crippen molar-refractivity contribution in [1.29, 1.82) is 0 Å². The van der Waals surface area contributed by atoms with Crippen LogP contribution < -0.4 is 0 Å². The molecular formula is C34H40F6O2Si. The molecule has 0 atom stereocenters. The fraction of sp³-hybridized carbons (Fsp3) is 0.441. The lowest BCUT2D eigenvalue weighted by Gasteiger charge is -2.38. The van der Waals surface area contributed by atoms with E-state index in [0.717, 1.165) is 24.3 Å². The molecule has 0 heterocycles. The summed E-state index contributed by atoms with van der Waals surface area (Å²) in [5.41, 5.74) is 5.17. The third-order valence-corrected chi connectivity index (χ3v) is 14.1. The normalized spacial score (nSPS) is 13.4. The molecule has 2 aromatic rings. The lowest BCUT2D eigenvalue weighted by atomic mass is 9.97. The maximum Gasteiger partial charge on any atom is 0.416 e. The fourth-order valence-corrected chi connectivity index (χ4v) is 10.8. The average Bonchev–Trinajstić information content (AvgIpc) is 2.91. The van der Waals surface area contributed by atoms with Crippen LogP contribution in [0.3, 0.4) is 0 Å². The Bertz CT molecular complexity index is 1320. The number of carbonyl (C=O) groups excluding carboxylic acids is 1. The number of methoxy groups -OCH3 is 1. The Morgan fingerprint density at radius 1 is 0.791 bits per heavy atom. The van der Waals surface area contributed by atoms with E-state index in [4.69, 9.17) is 4.74 Å². The summed E-state index contributed by atoms with van der Waals surface area (Å²) in [5, 5.41) is 0. The van der Waals surface area contributed by atoms with Crippen molar-refractivity contribution < 1.29 is 35.9 Å². The molecule has 2 nitrogen and oxygen atoms in total. The predicted octanol–water partition coefficient (Wildman–Crippen LogP) is 10.8. The van der Waals surface area contributed by atoms with Crippen molar-refractivity contribution in [2.45, 2.75) is 89.8 Å². The van der Waals surface area contributed by atoms with Crippen LogP contribution in [0.15, 0.2) is 60.2 Å². The topological polar surface area (TPSA) is 26.3 Å². The van der Waals surface area contributed by atoms with Gasteiger partial charge in [-0.25, -0.2) is 0 Å². The van der Waals surface area contributed by atoms with Gasteiger partial charge in [-0.05, 0) is 82.6 Å². The molecule has 9 heteroatoms. The Balaban J connectivity index is 2.76. The lowest BCUT2D eigenvalue weighted by molar-refractivity contribution is -0.141. The Hall–Kier alpha value is -3.25. The summed E-state index contributed by atoms with van der Waals surface area (Å²) in [4.78, 5) is 11.8. The number of halogens is 6. The summed E-state index contributed by atoms with van der Waals surface area (Å²) < 4.78 is 84.1. The first-order valence-electron chi connectivity index (χ1n) is 14.3. The second kappa shape index (κ2) is 15.0. The van der Waals surface area contributed by atoms with Gasteiger partial charge in [0.15, 0.2) is 0 Å². The number of hydrogen-bond donors (Lipinski definition) is 0. The predicted molar refractivity (Wildman–Crippen MR) is 164 cm³/mol. The summed E-state index contributed by atoms with van der Waals surface area (Å²) in [5.74, 6) is 3.03. The van der Waals surface area contributed by atoms with E-state index in [1.54, 1.807) is 12.2 Å². The van der Waals surface area contributed by atoms with Crippen LogP contribution in [0.2, 0.25) is 16.6 Å². The SMILES string of the molecule is COC(=O)CCC/C(C#C[Si](C(C)C)(C(C)C)C(C)C)=C/C(=C/c1ccc(C(F)(F)F)cc1)c1ccc(C(F)(F)F)cc1. The van der Waals surface area contributed by atoms with Gasteiger partial charge in [-0.15, -0.1) is 5.54 Å². The minimum absolute atomic E-state index is 0.162. The van der Waals surface area contributed by atoms with Crippen LogP contribution >= 0.6 is 0 Å². The van der Waals surface area contributed by atoms with Crippen molar-refractivity contribution in [2.24, 2.45) is 0 Å². The van der Waals surface area contributed by atoms with Gasteiger partial charge in [0.05, 0.1) is 18.2 Å². The minimum Gasteiger partial charge on any atom is -0.469 e. The van der Waals surface area contributed by atoms with Crippen molar-refractivity contribution >= 4 is 25.7 Å². The largest absolute Gasteiger partial charge is 0.469 e. The third-order valence-electron chi connectivity index (χ3n) is 7.80. The maximum absolute atomic E-state index is 13.3. The second-order valence-electron chi connectivity index (χ2n) is 11.5. The van der Waals surface area contributed by atoms with Crippen LogP contribution in [0.25, 0.3) is 11.6 Å². The number of benzene rings is 2. The van der Waals surface area contributed by atoms with E-state index in [1.807, 2.05) is 0 Å². The molecule has 0 spiro atoms. The standard InChI is InChI=1S/C34H40F6O2Si/c1-23(2)43(24(3)4,25(5)6)20-19-26(9-8-10-32(41)42-7)21-29(28-13-17-31(18-14-28)34(38,39)40)22-27-11-15-30(16-12-27)33(35,36)37/h11-18,21-25H,8-10H2,1-7H3/b26-21-,29-22-. The molecule has 43 heavy (non-hydrogen) atoms. The van der Waals surface area contributed by atoms with Gasteiger partial charge in [-0.1, -0.05) is 71.7 Å². The molecule has 0 bridgehead atoms. The molecule has 0 N–H and O–H groups in total.